The molecule has 0 aliphatic carbocycles. The maximum Gasteiger partial charge on any atom is 0.332 e. The van der Waals surface area contributed by atoms with Crippen LogP contribution < -0.4 is 20.6 Å². The number of carbonyl (C=O) groups is 1. The number of nitrogens with two attached hydrogens (primary N) is 1. The molecule has 2 rings (SSSR count). The Morgan fingerprint density at radius 1 is 1.50 bits per heavy atom. The van der Waals surface area contributed by atoms with E-state index in [2.05, 4.69) is 10.5 Å². The smallest absolute Gasteiger partial charge is 0.332 e. The first-order valence-electron chi connectivity index (χ1n) is 4.65. The van der Waals surface area contributed by atoms with E-state index in [9.17, 15) is 4.79 Å². The summed E-state index contributed by atoms with van der Waals surface area (Å²) in [4.78, 5) is 10.4. The van der Waals surface area contributed by atoms with E-state index in [1.54, 1.807) is 6.07 Å². The van der Waals surface area contributed by atoms with Crippen molar-refractivity contribution in [1.82, 2.24) is 5.43 Å². The highest BCUT2D eigenvalue weighted by Crippen LogP contribution is 2.33. The SMILES string of the molecule is Cc1cc2c(cc1C=NNC(N)=O)OCO2. The average Bonchev–Trinajstić information content (AvgIpc) is 2.64. The van der Waals surface area contributed by atoms with Crippen LogP contribution in [-0.2, 0) is 0 Å². The Bertz CT molecular complexity index is 457. The van der Waals surface area contributed by atoms with Crippen LogP contribution in [-0.4, -0.2) is 19.0 Å². The van der Waals surface area contributed by atoms with Crippen LogP contribution in [0, 0.1) is 6.92 Å². The van der Waals surface area contributed by atoms with E-state index >= 15 is 0 Å². The van der Waals surface area contributed by atoms with Crippen molar-refractivity contribution in [2.24, 2.45) is 10.8 Å². The minimum Gasteiger partial charge on any atom is -0.454 e. The summed E-state index contributed by atoms with van der Waals surface area (Å²) in [7, 11) is 0. The highest BCUT2D eigenvalue weighted by molar-refractivity contribution is 5.84. The van der Waals surface area contributed by atoms with Gasteiger partial charge >= 0.3 is 6.03 Å². The van der Waals surface area contributed by atoms with Crippen molar-refractivity contribution in [3.63, 3.8) is 0 Å². The third kappa shape index (κ3) is 2.05. The monoisotopic (exact) mass is 221 g/mol. The van der Waals surface area contributed by atoms with Crippen LogP contribution in [0.5, 0.6) is 11.5 Å². The Kier molecular flexibility index (Phi) is 2.63. The molecule has 0 radical (unpaired) electrons. The molecule has 0 bridgehead atoms. The van der Waals surface area contributed by atoms with Crippen molar-refractivity contribution in [2.45, 2.75) is 6.92 Å². The molecule has 0 aromatic heterocycles. The molecule has 6 heteroatoms. The molecule has 0 saturated heterocycles. The number of hydrazone groups is 1. The minimum atomic E-state index is -0.699. The molecule has 0 saturated carbocycles. The van der Waals surface area contributed by atoms with E-state index in [-0.39, 0.29) is 6.79 Å². The number of nitrogens with zero attached hydrogens (tertiary/aromatic N) is 1. The van der Waals surface area contributed by atoms with Crippen LogP contribution in [0.3, 0.4) is 0 Å². The summed E-state index contributed by atoms with van der Waals surface area (Å²) in [5.41, 5.74) is 8.80. The molecule has 1 aromatic rings. The Balaban J connectivity index is 2.21. The molecule has 1 heterocycles. The van der Waals surface area contributed by atoms with Gasteiger partial charge in [0.05, 0.1) is 6.21 Å². The maximum atomic E-state index is 10.4. The van der Waals surface area contributed by atoms with E-state index in [1.807, 2.05) is 13.0 Å². The number of hydrogen-bond donors (Lipinski definition) is 2. The van der Waals surface area contributed by atoms with Gasteiger partial charge in [-0.15, -0.1) is 0 Å². The summed E-state index contributed by atoms with van der Waals surface area (Å²) >= 11 is 0. The molecule has 3 N–H and O–H groups in total. The normalized spacial score (nSPS) is 13.1. The van der Waals surface area contributed by atoms with Crippen molar-refractivity contribution in [2.75, 3.05) is 6.79 Å². The van der Waals surface area contributed by atoms with E-state index in [4.69, 9.17) is 15.2 Å². The van der Waals surface area contributed by atoms with Gasteiger partial charge in [0.15, 0.2) is 11.5 Å². The zero-order valence-corrected chi connectivity index (χ0v) is 8.69. The topological polar surface area (TPSA) is 85.9 Å². The van der Waals surface area contributed by atoms with Crippen molar-refractivity contribution in [3.8, 4) is 11.5 Å². The zero-order valence-electron chi connectivity index (χ0n) is 8.69. The van der Waals surface area contributed by atoms with Crippen molar-refractivity contribution in [1.29, 1.82) is 0 Å². The van der Waals surface area contributed by atoms with Gasteiger partial charge in [-0.05, 0) is 24.6 Å². The lowest BCUT2D eigenvalue weighted by molar-refractivity contribution is 0.174. The number of aryl methyl sites for hydroxylation is 1. The molecule has 0 fully saturated rings. The van der Waals surface area contributed by atoms with Gasteiger partial charge in [-0.2, -0.15) is 5.10 Å². The van der Waals surface area contributed by atoms with E-state index < -0.39 is 6.03 Å². The maximum absolute atomic E-state index is 10.4. The molecule has 1 aliphatic heterocycles. The fraction of sp³-hybridized carbons (Fsp3) is 0.200. The number of amides is 2. The second kappa shape index (κ2) is 4.09. The van der Waals surface area contributed by atoms with Crippen molar-refractivity contribution in [3.05, 3.63) is 23.3 Å². The van der Waals surface area contributed by atoms with Crippen LogP contribution in [0.2, 0.25) is 0 Å². The fourth-order valence-electron chi connectivity index (χ4n) is 1.36. The Morgan fingerprint density at radius 3 is 2.88 bits per heavy atom. The van der Waals surface area contributed by atoms with E-state index in [0.29, 0.717) is 5.75 Å². The van der Waals surface area contributed by atoms with Crippen LogP contribution in [0.25, 0.3) is 0 Å². The van der Waals surface area contributed by atoms with Crippen molar-refractivity contribution >= 4 is 12.2 Å². The zero-order chi connectivity index (χ0) is 11.5. The van der Waals surface area contributed by atoms with Crippen molar-refractivity contribution < 1.29 is 14.3 Å². The van der Waals surface area contributed by atoms with Gasteiger partial charge in [-0.3, -0.25) is 0 Å². The summed E-state index contributed by atoms with van der Waals surface area (Å²) in [6.45, 7) is 2.14. The second-order valence-electron chi connectivity index (χ2n) is 3.30. The predicted octanol–water partition coefficient (Wildman–Crippen LogP) is 0.726. The number of primary amides is 1. The largest absolute Gasteiger partial charge is 0.454 e. The lowest BCUT2D eigenvalue weighted by Crippen LogP contribution is -2.24. The van der Waals surface area contributed by atoms with Crippen LogP contribution in [0.4, 0.5) is 4.79 Å². The Labute approximate surface area is 92.0 Å². The Hall–Kier alpha value is -2.24. The summed E-state index contributed by atoms with van der Waals surface area (Å²) in [6.07, 6.45) is 1.50. The molecule has 16 heavy (non-hydrogen) atoms. The van der Waals surface area contributed by atoms with Crippen LogP contribution in [0.1, 0.15) is 11.1 Å². The Morgan fingerprint density at radius 2 is 2.19 bits per heavy atom. The van der Waals surface area contributed by atoms with E-state index in [1.165, 1.54) is 6.21 Å². The predicted molar refractivity (Wildman–Crippen MR) is 57.6 cm³/mol. The fourth-order valence-corrected chi connectivity index (χ4v) is 1.36. The molecule has 1 aliphatic rings. The third-order valence-corrected chi connectivity index (χ3v) is 2.14. The van der Waals surface area contributed by atoms with Gasteiger partial charge in [0.2, 0.25) is 6.79 Å². The summed E-state index contributed by atoms with van der Waals surface area (Å²) < 4.78 is 10.4. The van der Waals surface area contributed by atoms with Gasteiger partial charge in [0.25, 0.3) is 0 Å². The third-order valence-electron chi connectivity index (χ3n) is 2.14. The lowest BCUT2D eigenvalue weighted by atomic mass is 10.1. The number of hydrogen-bond acceptors (Lipinski definition) is 4. The molecular formula is C10H11N3O3. The van der Waals surface area contributed by atoms with Crippen LogP contribution in [0.15, 0.2) is 17.2 Å². The van der Waals surface area contributed by atoms with Gasteiger partial charge in [-0.1, -0.05) is 0 Å². The highest BCUT2D eigenvalue weighted by Gasteiger charge is 2.14. The number of ether oxygens (including phenoxy) is 2. The molecule has 6 nitrogen and oxygen atoms in total. The highest BCUT2D eigenvalue weighted by atomic mass is 16.7. The first-order valence-corrected chi connectivity index (χ1v) is 4.65. The van der Waals surface area contributed by atoms with Crippen LogP contribution >= 0.6 is 0 Å². The molecule has 0 atom stereocenters. The second-order valence-corrected chi connectivity index (χ2v) is 3.30. The van der Waals surface area contributed by atoms with Gasteiger partial charge < -0.3 is 15.2 Å². The molecule has 2 amide bonds. The number of nitrogens with one attached hydrogen (secondary N) is 1. The number of fused-ring (bicyclic) bond motifs is 1. The molecule has 84 valence electrons. The number of urea groups is 1. The van der Waals surface area contributed by atoms with Gasteiger partial charge in [0.1, 0.15) is 0 Å². The summed E-state index contributed by atoms with van der Waals surface area (Å²) in [5, 5.41) is 3.68. The summed E-state index contributed by atoms with van der Waals surface area (Å²) in [6, 6.07) is 2.95. The molecule has 1 aromatic carbocycles. The van der Waals surface area contributed by atoms with Gasteiger partial charge in [0, 0.05) is 5.56 Å². The van der Waals surface area contributed by atoms with Gasteiger partial charge in [-0.25, -0.2) is 10.2 Å². The lowest BCUT2D eigenvalue weighted by Gasteiger charge is -2.02. The molecule has 0 unspecified atom stereocenters. The first-order chi connectivity index (χ1) is 7.66. The number of carbonyl (C=O) groups excluding carboxylic acids is 1. The quantitative estimate of drug-likeness (QED) is 0.570. The minimum absolute atomic E-state index is 0.231. The molecular weight excluding hydrogens is 210 g/mol. The number of rotatable bonds is 2. The number of benzene rings is 1. The standard InChI is InChI=1S/C10H11N3O3/c1-6-2-8-9(16-5-15-8)3-7(6)4-12-13-10(11)14/h2-4H,5H2,1H3,(H3,11,13,14). The van der Waals surface area contributed by atoms with E-state index in [0.717, 1.165) is 16.9 Å². The first kappa shape index (κ1) is 10.3. The molecule has 0 spiro atoms. The average molecular weight is 221 g/mol. The summed E-state index contributed by atoms with van der Waals surface area (Å²) in [5.74, 6) is 1.39.